The molecule has 6 heteroatoms. The van der Waals surface area contributed by atoms with Crippen molar-refractivity contribution >= 4 is 23.5 Å². The van der Waals surface area contributed by atoms with Crippen LogP contribution in [0.25, 0.3) is 0 Å². The first-order valence-electron chi connectivity index (χ1n) is 8.50. The molecule has 0 bridgehead atoms. The quantitative estimate of drug-likeness (QED) is 0.756. The van der Waals surface area contributed by atoms with Crippen molar-refractivity contribution in [1.29, 1.82) is 0 Å². The maximum Gasteiger partial charge on any atom is 0.339 e. The van der Waals surface area contributed by atoms with Crippen LogP contribution in [0.1, 0.15) is 39.1 Å². The molecule has 0 radical (unpaired) electrons. The van der Waals surface area contributed by atoms with E-state index in [1.165, 1.54) is 7.11 Å². The van der Waals surface area contributed by atoms with Crippen LogP contribution in [-0.4, -0.2) is 37.0 Å². The number of amides is 1. The molecule has 1 fully saturated rings. The molecule has 0 aliphatic carbocycles. The molecule has 2 aliphatic rings. The molecule has 1 saturated heterocycles. The fraction of sp³-hybridized carbons (Fsp3) is 0.300. The number of hydrogen-bond donors (Lipinski definition) is 0. The molecule has 26 heavy (non-hydrogen) atoms. The van der Waals surface area contributed by atoms with Crippen LogP contribution in [0.15, 0.2) is 42.5 Å². The molecule has 2 heterocycles. The van der Waals surface area contributed by atoms with Crippen molar-refractivity contribution < 1.29 is 19.1 Å². The first kappa shape index (κ1) is 16.9. The lowest BCUT2D eigenvalue weighted by Gasteiger charge is -2.39. The van der Waals surface area contributed by atoms with Crippen LogP contribution < -0.4 is 4.74 Å². The lowest BCUT2D eigenvalue weighted by Crippen LogP contribution is -2.48. The van der Waals surface area contributed by atoms with Gasteiger partial charge in [-0.25, -0.2) is 4.79 Å². The molecule has 0 aromatic heterocycles. The Kier molecular flexibility index (Phi) is 4.11. The minimum atomic E-state index is -0.770. The summed E-state index contributed by atoms with van der Waals surface area (Å²) in [6, 6.07) is 12.4. The van der Waals surface area contributed by atoms with Crippen molar-refractivity contribution in [2.24, 2.45) is 0 Å². The smallest absolute Gasteiger partial charge is 0.339 e. The zero-order chi connectivity index (χ0) is 18.3. The number of carbonyl (C=O) groups excluding carboxylic acids is 2. The summed E-state index contributed by atoms with van der Waals surface area (Å²) in [6.45, 7) is 0.917. The Hall–Kier alpha value is -2.53. The SMILES string of the molecule is COc1ccc(Cl)cc1C(=O)N1CCC[C@@]2(C1)OC(=O)c1ccccc12. The van der Waals surface area contributed by atoms with Gasteiger partial charge in [-0.15, -0.1) is 0 Å². The molecule has 0 saturated carbocycles. The Labute approximate surface area is 156 Å². The highest BCUT2D eigenvalue weighted by Gasteiger charge is 2.48. The third-order valence-electron chi connectivity index (χ3n) is 5.06. The van der Waals surface area contributed by atoms with Gasteiger partial charge >= 0.3 is 5.97 Å². The molecule has 1 amide bonds. The average Bonchev–Trinajstić information content (AvgIpc) is 2.93. The zero-order valence-corrected chi connectivity index (χ0v) is 15.1. The van der Waals surface area contributed by atoms with E-state index in [4.69, 9.17) is 21.1 Å². The van der Waals surface area contributed by atoms with Crippen LogP contribution in [0.4, 0.5) is 0 Å². The van der Waals surface area contributed by atoms with Gasteiger partial charge in [-0.1, -0.05) is 29.8 Å². The van der Waals surface area contributed by atoms with Crippen LogP contribution in [0.3, 0.4) is 0 Å². The van der Waals surface area contributed by atoms with Crippen molar-refractivity contribution in [3.8, 4) is 5.75 Å². The number of methoxy groups -OCH3 is 1. The maximum absolute atomic E-state index is 13.1. The molecular formula is C20H18ClNO4. The Morgan fingerprint density at radius 1 is 1.27 bits per heavy atom. The number of hydrogen-bond acceptors (Lipinski definition) is 4. The number of ether oxygens (including phenoxy) is 2. The summed E-state index contributed by atoms with van der Waals surface area (Å²) in [5.41, 5.74) is 1.09. The van der Waals surface area contributed by atoms with E-state index in [-0.39, 0.29) is 11.9 Å². The molecule has 1 spiro atoms. The standard InChI is InChI=1S/C20H18ClNO4/c1-25-17-8-7-13(21)11-15(17)18(23)22-10-4-9-20(12-22)16-6-3-2-5-14(16)19(24)26-20/h2-3,5-8,11H,4,9-10,12H2,1H3/t20-/m0/s1. The third kappa shape index (κ3) is 2.63. The Balaban J connectivity index is 1.67. The van der Waals surface area contributed by atoms with Gasteiger partial charge in [0, 0.05) is 17.1 Å². The van der Waals surface area contributed by atoms with E-state index in [2.05, 4.69) is 0 Å². The number of piperidine rings is 1. The summed E-state index contributed by atoms with van der Waals surface area (Å²) < 4.78 is 11.1. The highest BCUT2D eigenvalue weighted by molar-refractivity contribution is 6.31. The number of likely N-dealkylation sites (tertiary alicyclic amines) is 1. The van der Waals surface area contributed by atoms with Crippen LogP contribution in [0, 0.1) is 0 Å². The minimum Gasteiger partial charge on any atom is -0.496 e. The van der Waals surface area contributed by atoms with Crippen molar-refractivity contribution in [3.05, 3.63) is 64.2 Å². The summed E-state index contributed by atoms with van der Waals surface area (Å²) in [6.07, 6.45) is 1.45. The maximum atomic E-state index is 13.1. The number of nitrogens with zero attached hydrogens (tertiary/aromatic N) is 1. The molecule has 0 unspecified atom stereocenters. The number of fused-ring (bicyclic) bond motifs is 2. The van der Waals surface area contributed by atoms with Gasteiger partial charge in [0.2, 0.25) is 0 Å². The van der Waals surface area contributed by atoms with Gasteiger partial charge < -0.3 is 14.4 Å². The van der Waals surface area contributed by atoms with Crippen LogP contribution in [-0.2, 0) is 10.3 Å². The number of carbonyl (C=O) groups is 2. The Morgan fingerprint density at radius 2 is 2.08 bits per heavy atom. The van der Waals surface area contributed by atoms with Crippen LogP contribution in [0.5, 0.6) is 5.75 Å². The summed E-state index contributed by atoms with van der Waals surface area (Å²) in [7, 11) is 1.52. The second-order valence-electron chi connectivity index (χ2n) is 6.60. The molecule has 4 rings (SSSR count). The molecule has 1 atom stereocenters. The first-order chi connectivity index (χ1) is 12.5. The normalized spacial score (nSPS) is 21.5. The van der Waals surface area contributed by atoms with Crippen LogP contribution >= 0.6 is 11.6 Å². The zero-order valence-electron chi connectivity index (χ0n) is 14.3. The number of esters is 1. The van der Waals surface area contributed by atoms with Crippen molar-refractivity contribution in [1.82, 2.24) is 4.90 Å². The van der Waals surface area contributed by atoms with Gasteiger partial charge in [0.25, 0.3) is 5.91 Å². The van der Waals surface area contributed by atoms with Gasteiger partial charge in [0.1, 0.15) is 5.75 Å². The minimum absolute atomic E-state index is 0.177. The van der Waals surface area contributed by atoms with Crippen molar-refractivity contribution in [3.63, 3.8) is 0 Å². The Morgan fingerprint density at radius 3 is 2.88 bits per heavy atom. The van der Waals surface area contributed by atoms with Crippen molar-refractivity contribution in [2.45, 2.75) is 18.4 Å². The molecule has 2 aromatic carbocycles. The highest BCUT2D eigenvalue weighted by atomic mass is 35.5. The molecule has 0 N–H and O–H groups in total. The van der Waals surface area contributed by atoms with E-state index in [1.807, 2.05) is 18.2 Å². The Bertz CT molecular complexity index is 897. The van der Waals surface area contributed by atoms with E-state index in [0.717, 1.165) is 12.0 Å². The monoisotopic (exact) mass is 371 g/mol. The average molecular weight is 372 g/mol. The summed E-state index contributed by atoms with van der Waals surface area (Å²) in [5.74, 6) is -0.0260. The van der Waals surface area contributed by atoms with E-state index < -0.39 is 5.60 Å². The van der Waals surface area contributed by atoms with Gasteiger partial charge in [0.05, 0.1) is 24.8 Å². The molecule has 134 valence electrons. The van der Waals surface area contributed by atoms with E-state index >= 15 is 0 Å². The van der Waals surface area contributed by atoms with E-state index in [1.54, 1.807) is 29.2 Å². The van der Waals surface area contributed by atoms with Gasteiger partial charge in [0.15, 0.2) is 5.60 Å². The van der Waals surface area contributed by atoms with Gasteiger partial charge in [-0.2, -0.15) is 0 Å². The number of halogens is 1. The van der Waals surface area contributed by atoms with E-state index in [0.29, 0.717) is 41.4 Å². The fourth-order valence-corrected chi connectivity index (χ4v) is 4.03. The van der Waals surface area contributed by atoms with Crippen LogP contribution in [0.2, 0.25) is 5.02 Å². The third-order valence-corrected chi connectivity index (χ3v) is 5.30. The fourth-order valence-electron chi connectivity index (χ4n) is 3.86. The summed E-state index contributed by atoms with van der Waals surface area (Å²) >= 11 is 6.07. The lowest BCUT2D eigenvalue weighted by atomic mass is 9.85. The second kappa shape index (κ2) is 6.32. The summed E-state index contributed by atoms with van der Waals surface area (Å²) in [4.78, 5) is 27.1. The molecule has 5 nitrogen and oxygen atoms in total. The van der Waals surface area contributed by atoms with E-state index in [9.17, 15) is 9.59 Å². The molecule has 2 aromatic rings. The number of benzene rings is 2. The van der Waals surface area contributed by atoms with Crippen molar-refractivity contribution in [2.75, 3.05) is 20.2 Å². The molecule has 2 aliphatic heterocycles. The second-order valence-corrected chi connectivity index (χ2v) is 7.04. The lowest BCUT2D eigenvalue weighted by molar-refractivity contribution is -0.0442. The first-order valence-corrected chi connectivity index (χ1v) is 8.87. The predicted molar refractivity (Wildman–Crippen MR) is 96.7 cm³/mol. The highest BCUT2D eigenvalue weighted by Crippen LogP contribution is 2.43. The topological polar surface area (TPSA) is 55.8 Å². The molecular weight excluding hydrogens is 354 g/mol. The van der Waals surface area contributed by atoms with Gasteiger partial charge in [-0.05, 0) is 37.1 Å². The number of rotatable bonds is 2. The largest absolute Gasteiger partial charge is 0.496 e. The van der Waals surface area contributed by atoms with Gasteiger partial charge in [-0.3, -0.25) is 4.79 Å². The summed E-state index contributed by atoms with van der Waals surface area (Å²) in [5, 5.41) is 0.471. The predicted octanol–water partition coefficient (Wildman–Crippen LogP) is 3.65.